The number of nitrogens with zero attached hydrogens (tertiary/aromatic N) is 4. The molecule has 0 fully saturated rings. The lowest BCUT2D eigenvalue weighted by Gasteiger charge is -2.06. The van der Waals surface area contributed by atoms with Crippen LogP contribution in [-0.2, 0) is 6.54 Å². The van der Waals surface area contributed by atoms with Crippen molar-refractivity contribution in [3.8, 4) is 22.9 Å². The first-order valence-electron chi connectivity index (χ1n) is 7.70. The zero-order chi connectivity index (χ0) is 19.0. The molecule has 0 saturated heterocycles. The normalized spacial score (nSPS) is 11.1. The molecule has 3 heterocycles. The maximum atomic E-state index is 15.1. The van der Waals surface area contributed by atoms with Crippen molar-refractivity contribution in [1.82, 2.24) is 24.9 Å². The van der Waals surface area contributed by atoms with E-state index in [1.165, 1.54) is 35.2 Å². The van der Waals surface area contributed by atoms with Gasteiger partial charge in [0.25, 0.3) is 5.56 Å². The van der Waals surface area contributed by atoms with Crippen LogP contribution in [0.2, 0.25) is 0 Å². The van der Waals surface area contributed by atoms with Crippen LogP contribution >= 0.6 is 0 Å². The fourth-order valence-electron chi connectivity index (χ4n) is 2.57. The molecule has 0 aliphatic rings. The Morgan fingerprint density at radius 2 is 1.93 bits per heavy atom. The summed E-state index contributed by atoms with van der Waals surface area (Å²) in [5, 5.41) is 7.77. The number of hydrogen-bond acceptors (Lipinski definition) is 5. The van der Waals surface area contributed by atoms with E-state index in [9.17, 15) is 13.6 Å². The minimum absolute atomic E-state index is 0.0889. The van der Waals surface area contributed by atoms with Crippen LogP contribution in [0.1, 0.15) is 5.56 Å². The van der Waals surface area contributed by atoms with Gasteiger partial charge < -0.3 is 9.51 Å². The van der Waals surface area contributed by atoms with E-state index in [0.717, 1.165) is 0 Å². The lowest BCUT2D eigenvalue weighted by Crippen LogP contribution is -2.13. The quantitative estimate of drug-likeness (QED) is 0.594. The van der Waals surface area contributed by atoms with E-state index in [2.05, 4.69) is 20.2 Å². The summed E-state index contributed by atoms with van der Waals surface area (Å²) in [6.45, 7) is -0.114. The highest BCUT2D eigenvalue weighted by Crippen LogP contribution is 2.29. The molecule has 10 heteroatoms. The van der Waals surface area contributed by atoms with E-state index in [4.69, 9.17) is 4.52 Å². The average molecular weight is 373 g/mol. The third-order valence-corrected chi connectivity index (χ3v) is 3.83. The Hall–Kier alpha value is -3.69. The Bertz CT molecular complexity index is 1170. The third kappa shape index (κ3) is 3.01. The Balaban J connectivity index is 1.88. The summed E-state index contributed by atoms with van der Waals surface area (Å²) in [7, 11) is 0. The van der Waals surface area contributed by atoms with Crippen LogP contribution in [-0.4, -0.2) is 24.9 Å². The first-order chi connectivity index (χ1) is 13.0. The molecular formula is C17H10F3N5O2. The largest absolute Gasteiger partial charge is 0.364 e. The van der Waals surface area contributed by atoms with Crippen LogP contribution in [0.4, 0.5) is 13.2 Å². The van der Waals surface area contributed by atoms with E-state index < -0.39 is 23.0 Å². The van der Waals surface area contributed by atoms with Crippen molar-refractivity contribution >= 4 is 0 Å². The zero-order valence-corrected chi connectivity index (χ0v) is 13.5. The Labute approximate surface area is 149 Å². The molecule has 0 radical (unpaired) electrons. The van der Waals surface area contributed by atoms with E-state index in [0.29, 0.717) is 6.20 Å². The van der Waals surface area contributed by atoms with Crippen molar-refractivity contribution in [2.75, 3.05) is 0 Å². The summed E-state index contributed by atoms with van der Waals surface area (Å²) in [4.78, 5) is 17.3. The van der Waals surface area contributed by atoms with Crippen LogP contribution in [0.3, 0.4) is 0 Å². The van der Waals surface area contributed by atoms with Gasteiger partial charge in [-0.15, -0.1) is 0 Å². The van der Waals surface area contributed by atoms with Gasteiger partial charge in [0.15, 0.2) is 17.3 Å². The molecule has 0 saturated carbocycles. The molecule has 4 aromatic rings. The van der Waals surface area contributed by atoms with Crippen molar-refractivity contribution in [3.63, 3.8) is 0 Å². The molecule has 27 heavy (non-hydrogen) atoms. The number of benzene rings is 1. The van der Waals surface area contributed by atoms with Crippen molar-refractivity contribution < 1.29 is 17.7 Å². The van der Waals surface area contributed by atoms with Gasteiger partial charge in [0.05, 0.1) is 12.7 Å². The van der Waals surface area contributed by atoms with Crippen LogP contribution in [0.25, 0.3) is 22.9 Å². The molecule has 0 bridgehead atoms. The Kier molecular flexibility index (Phi) is 4.07. The summed E-state index contributed by atoms with van der Waals surface area (Å²) in [6, 6.07) is 7.36. The molecule has 0 spiro atoms. The van der Waals surface area contributed by atoms with Gasteiger partial charge in [-0.05, 0) is 6.07 Å². The summed E-state index contributed by atoms with van der Waals surface area (Å²) in [5.74, 6) is -2.73. The number of aromatic amines is 1. The number of halogens is 3. The molecule has 3 aromatic heterocycles. The van der Waals surface area contributed by atoms with Gasteiger partial charge in [-0.2, -0.15) is 9.49 Å². The molecule has 1 N–H and O–H groups in total. The molecule has 7 nitrogen and oxygen atoms in total. The molecule has 0 amide bonds. The number of nitrogens with one attached hydrogen (secondary N) is 1. The first-order valence-corrected chi connectivity index (χ1v) is 7.70. The van der Waals surface area contributed by atoms with Crippen molar-refractivity contribution in [2.24, 2.45) is 0 Å². The van der Waals surface area contributed by atoms with Gasteiger partial charge in [0, 0.05) is 11.6 Å². The summed E-state index contributed by atoms with van der Waals surface area (Å²) < 4.78 is 48.2. The second kappa shape index (κ2) is 6.56. The lowest BCUT2D eigenvalue weighted by molar-refractivity contribution is 0.421. The van der Waals surface area contributed by atoms with E-state index >= 15 is 4.39 Å². The number of aromatic nitrogens is 5. The van der Waals surface area contributed by atoms with E-state index in [1.807, 2.05) is 0 Å². The van der Waals surface area contributed by atoms with Gasteiger partial charge in [-0.3, -0.25) is 9.48 Å². The Morgan fingerprint density at radius 1 is 1.11 bits per heavy atom. The molecule has 4 rings (SSSR count). The summed E-state index contributed by atoms with van der Waals surface area (Å²) >= 11 is 0. The summed E-state index contributed by atoms with van der Waals surface area (Å²) in [6.07, 6.45) is 1.91. The highest BCUT2D eigenvalue weighted by molar-refractivity contribution is 5.63. The van der Waals surface area contributed by atoms with Gasteiger partial charge in [0.1, 0.15) is 23.5 Å². The van der Waals surface area contributed by atoms with Gasteiger partial charge >= 0.3 is 0 Å². The second-order valence-electron chi connectivity index (χ2n) is 5.55. The fraction of sp³-hybridized carbons (Fsp3) is 0.0588. The topological polar surface area (TPSA) is 89.6 Å². The number of H-pyrrole nitrogens is 1. The number of hydrogen-bond donors (Lipinski definition) is 1. The highest BCUT2D eigenvalue weighted by atomic mass is 19.1. The van der Waals surface area contributed by atoms with Crippen LogP contribution in [0.15, 0.2) is 52.1 Å². The zero-order valence-electron chi connectivity index (χ0n) is 13.5. The maximum Gasteiger partial charge on any atom is 0.287 e. The van der Waals surface area contributed by atoms with Crippen molar-refractivity contribution in [1.29, 1.82) is 0 Å². The number of rotatable bonds is 4. The smallest absolute Gasteiger partial charge is 0.287 e. The predicted molar refractivity (Wildman–Crippen MR) is 87.0 cm³/mol. The SMILES string of the molecule is O=c1[nH]c(-c2nn(Cc3ccccc3F)c(-c3ccon3)c2F)ncc1F. The molecule has 1 aromatic carbocycles. The molecule has 0 aliphatic heterocycles. The predicted octanol–water partition coefficient (Wildman–Crippen LogP) is 2.75. The monoisotopic (exact) mass is 373 g/mol. The lowest BCUT2D eigenvalue weighted by atomic mass is 10.2. The average Bonchev–Trinajstić information content (AvgIpc) is 3.27. The first kappa shape index (κ1) is 16.8. The minimum Gasteiger partial charge on any atom is -0.364 e. The van der Waals surface area contributed by atoms with Gasteiger partial charge in [-0.25, -0.2) is 13.8 Å². The van der Waals surface area contributed by atoms with Gasteiger partial charge in [0.2, 0.25) is 5.82 Å². The van der Waals surface area contributed by atoms with E-state index in [-0.39, 0.29) is 35.0 Å². The van der Waals surface area contributed by atoms with Crippen LogP contribution in [0.5, 0.6) is 0 Å². The maximum absolute atomic E-state index is 15.1. The van der Waals surface area contributed by atoms with Crippen LogP contribution < -0.4 is 5.56 Å². The third-order valence-electron chi connectivity index (χ3n) is 3.83. The second-order valence-corrected chi connectivity index (χ2v) is 5.55. The molecule has 0 aliphatic carbocycles. The van der Waals surface area contributed by atoms with Crippen LogP contribution in [0, 0.1) is 17.5 Å². The highest BCUT2D eigenvalue weighted by Gasteiger charge is 2.24. The van der Waals surface area contributed by atoms with Crippen molar-refractivity contribution in [2.45, 2.75) is 6.54 Å². The molecule has 0 unspecified atom stereocenters. The Morgan fingerprint density at radius 3 is 2.63 bits per heavy atom. The minimum atomic E-state index is -1.11. The van der Waals surface area contributed by atoms with Crippen molar-refractivity contribution in [3.05, 3.63) is 76.2 Å². The molecule has 0 atom stereocenters. The van der Waals surface area contributed by atoms with Gasteiger partial charge in [-0.1, -0.05) is 23.4 Å². The summed E-state index contributed by atoms with van der Waals surface area (Å²) in [5.41, 5.74) is -1.11. The standard InChI is InChI=1S/C17H10F3N5O2/c18-10-4-2-1-3-9(10)8-25-15(12-5-6-27-24-12)13(20)14(23-25)16-21-7-11(19)17(26)22-16/h1-7H,8H2,(H,21,22,26). The fourth-order valence-corrected chi connectivity index (χ4v) is 2.57. The molecule has 136 valence electrons. The molecular weight excluding hydrogens is 363 g/mol. The van der Waals surface area contributed by atoms with E-state index in [1.54, 1.807) is 6.07 Å².